The van der Waals surface area contributed by atoms with Crippen LogP contribution in [0.1, 0.15) is 10.4 Å². The number of Topliss-reactive ketones (excluding diaryl/α,β-unsaturated/α-hetero) is 1. The van der Waals surface area contributed by atoms with Crippen molar-refractivity contribution in [2.75, 3.05) is 27.9 Å². The Kier molecular flexibility index (Phi) is 4.12. The van der Waals surface area contributed by atoms with Gasteiger partial charge in [0, 0.05) is 12.7 Å². The van der Waals surface area contributed by atoms with Gasteiger partial charge in [0.25, 0.3) is 0 Å². The first-order chi connectivity index (χ1) is 7.22. The van der Waals surface area contributed by atoms with E-state index in [2.05, 4.69) is 0 Å². The first-order valence-electron chi connectivity index (χ1n) is 4.47. The van der Waals surface area contributed by atoms with Crippen molar-refractivity contribution >= 4 is 5.78 Å². The Morgan fingerprint density at radius 1 is 1.13 bits per heavy atom. The van der Waals surface area contributed by atoms with E-state index >= 15 is 0 Å². The quantitative estimate of drug-likeness (QED) is 0.691. The second kappa shape index (κ2) is 5.36. The third kappa shape index (κ3) is 2.70. The molecule has 0 aromatic heterocycles. The minimum atomic E-state index is -0.0848. The van der Waals surface area contributed by atoms with Crippen LogP contribution in [-0.4, -0.2) is 33.7 Å². The highest BCUT2D eigenvalue weighted by atomic mass is 16.5. The second-order valence-electron chi connectivity index (χ2n) is 2.93. The zero-order chi connectivity index (χ0) is 11.3. The summed E-state index contributed by atoms with van der Waals surface area (Å²) in [6.07, 6.45) is 0. The molecule has 0 aliphatic carbocycles. The summed E-state index contributed by atoms with van der Waals surface area (Å²) in [7, 11) is 4.57. The van der Waals surface area contributed by atoms with Crippen LogP contribution in [0.4, 0.5) is 0 Å². The molecule has 0 spiro atoms. The van der Waals surface area contributed by atoms with Crippen molar-refractivity contribution in [2.45, 2.75) is 0 Å². The molecule has 4 nitrogen and oxygen atoms in total. The Bertz CT molecular complexity index is 346. The van der Waals surface area contributed by atoms with Gasteiger partial charge < -0.3 is 14.2 Å². The smallest absolute Gasteiger partial charge is 0.188 e. The molecular weight excluding hydrogens is 196 g/mol. The SMILES string of the molecule is COCC(=O)c1ccc(OC)c(OC)c1. The number of hydrogen-bond acceptors (Lipinski definition) is 4. The summed E-state index contributed by atoms with van der Waals surface area (Å²) in [5.74, 6) is 1.06. The maximum atomic E-state index is 11.5. The predicted octanol–water partition coefficient (Wildman–Crippen LogP) is 1.53. The lowest BCUT2D eigenvalue weighted by Gasteiger charge is -2.08. The van der Waals surface area contributed by atoms with Crippen LogP contribution < -0.4 is 9.47 Å². The fourth-order valence-corrected chi connectivity index (χ4v) is 1.22. The number of ketones is 1. The highest BCUT2D eigenvalue weighted by Gasteiger charge is 2.09. The molecule has 0 radical (unpaired) electrons. The fourth-order valence-electron chi connectivity index (χ4n) is 1.22. The van der Waals surface area contributed by atoms with Gasteiger partial charge in [-0.3, -0.25) is 4.79 Å². The van der Waals surface area contributed by atoms with Crippen molar-refractivity contribution < 1.29 is 19.0 Å². The Hall–Kier alpha value is -1.55. The summed E-state index contributed by atoms with van der Waals surface area (Å²) in [5, 5.41) is 0. The molecule has 0 unspecified atom stereocenters. The molecular formula is C11H14O4. The zero-order valence-electron chi connectivity index (χ0n) is 9.07. The number of ether oxygens (including phenoxy) is 3. The van der Waals surface area contributed by atoms with Gasteiger partial charge in [-0.05, 0) is 18.2 Å². The second-order valence-corrected chi connectivity index (χ2v) is 2.93. The van der Waals surface area contributed by atoms with E-state index in [1.54, 1.807) is 25.3 Å². The van der Waals surface area contributed by atoms with Gasteiger partial charge in [0.05, 0.1) is 14.2 Å². The maximum absolute atomic E-state index is 11.5. The average Bonchev–Trinajstić information content (AvgIpc) is 2.28. The van der Waals surface area contributed by atoms with Gasteiger partial charge in [0.2, 0.25) is 0 Å². The van der Waals surface area contributed by atoms with Gasteiger partial charge in [0.15, 0.2) is 17.3 Å². The number of hydrogen-bond donors (Lipinski definition) is 0. The number of methoxy groups -OCH3 is 3. The van der Waals surface area contributed by atoms with E-state index in [0.29, 0.717) is 17.1 Å². The van der Waals surface area contributed by atoms with Crippen molar-refractivity contribution in [3.63, 3.8) is 0 Å². The monoisotopic (exact) mass is 210 g/mol. The van der Waals surface area contributed by atoms with Crippen molar-refractivity contribution in [1.82, 2.24) is 0 Å². The highest BCUT2D eigenvalue weighted by Crippen LogP contribution is 2.27. The molecule has 0 fully saturated rings. The van der Waals surface area contributed by atoms with E-state index in [4.69, 9.17) is 14.2 Å². The van der Waals surface area contributed by atoms with Crippen LogP contribution in [0.15, 0.2) is 18.2 Å². The van der Waals surface area contributed by atoms with Gasteiger partial charge in [-0.25, -0.2) is 0 Å². The third-order valence-electron chi connectivity index (χ3n) is 1.98. The van der Waals surface area contributed by atoms with Crippen LogP contribution in [0.2, 0.25) is 0 Å². The molecule has 0 N–H and O–H groups in total. The number of carbonyl (C=O) groups excluding carboxylic acids is 1. The normalized spacial score (nSPS) is 9.80. The Balaban J connectivity index is 2.97. The van der Waals surface area contributed by atoms with E-state index < -0.39 is 0 Å². The molecule has 15 heavy (non-hydrogen) atoms. The van der Waals surface area contributed by atoms with Crippen molar-refractivity contribution in [2.24, 2.45) is 0 Å². The van der Waals surface area contributed by atoms with Crippen LogP contribution in [0.5, 0.6) is 11.5 Å². The van der Waals surface area contributed by atoms with Gasteiger partial charge in [-0.15, -0.1) is 0 Å². The summed E-state index contributed by atoms with van der Waals surface area (Å²) in [4.78, 5) is 11.5. The average molecular weight is 210 g/mol. The van der Waals surface area contributed by atoms with Gasteiger partial charge in [-0.2, -0.15) is 0 Å². The summed E-state index contributed by atoms with van der Waals surface area (Å²) in [6, 6.07) is 5.02. The third-order valence-corrected chi connectivity index (χ3v) is 1.98. The van der Waals surface area contributed by atoms with Crippen LogP contribution >= 0.6 is 0 Å². The van der Waals surface area contributed by atoms with E-state index in [1.165, 1.54) is 14.2 Å². The first-order valence-corrected chi connectivity index (χ1v) is 4.47. The number of rotatable bonds is 5. The van der Waals surface area contributed by atoms with Crippen LogP contribution in [-0.2, 0) is 4.74 Å². The molecule has 4 heteroatoms. The largest absolute Gasteiger partial charge is 0.493 e. The molecule has 0 amide bonds. The summed E-state index contributed by atoms with van der Waals surface area (Å²) in [6.45, 7) is 0.0650. The van der Waals surface area contributed by atoms with Crippen LogP contribution in [0.25, 0.3) is 0 Å². The lowest BCUT2D eigenvalue weighted by Crippen LogP contribution is -2.07. The van der Waals surface area contributed by atoms with Gasteiger partial charge in [-0.1, -0.05) is 0 Å². The molecule has 82 valence electrons. The van der Waals surface area contributed by atoms with Crippen LogP contribution in [0, 0.1) is 0 Å². The number of benzene rings is 1. The molecule has 0 bridgehead atoms. The van der Waals surface area contributed by atoms with E-state index in [1.807, 2.05) is 0 Å². The van der Waals surface area contributed by atoms with Gasteiger partial charge in [0.1, 0.15) is 6.61 Å². The Labute approximate surface area is 88.8 Å². The maximum Gasteiger partial charge on any atom is 0.188 e. The van der Waals surface area contributed by atoms with Crippen LogP contribution in [0.3, 0.4) is 0 Å². The predicted molar refractivity (Wildman–Crippen MR) is 55.8 cm³/mol. The minimum Gasteiger partial charge on any atom is -0.493 e. The van der Waals surface area contributed by atoms with E-state index in [-0.39, 0.29) is 12.4 Å². The lowest BCUT2D eigenvalue weighted by atomic mass is 10.1. The molecule has 0 saturated carbocycles. The van der Waals surface area contributed by atoms with Crippen molar-refractivity contribution in [3.8, 4) is 11.5 Å². The lowest BCUT2D eigenvalue weighted by molar-refractivity contribution is 0.0847. The Morgan fingerprint density at radius 3 is 2.33 bits per heavy atom. The fraction of sp³-hybridized carbons (Fsp3) is 0.364. The minimum absolute atomic E-state index is 0.0650. The number of carbonyl (C=O) groups is 1. The molecule has 1 aromatic rings. The highest BCUT2D eigenvalue weighted by molar-refractivity contribution is 5.97. The molecule has 0 heterocycles. The van der Waals surface area contributed by atoms with Crippen molar-refractivity contribution in [1.29, 1.82) is 0 Å². The topological polar surface area (TPSA) is 44.8 Å². The van der Waals surface area contributed by atoms with Crippen molar-refractivity contribution in [3.05, 3.63) is 23.8 Å². The standard InChI is InChI=1S/C11H14O4/c1-13-7-9(12)8-4-5-10(14-2)11(6-8)15-3/h4-6H,7H2,1-3H3. The molecule has 1 rings (SSSR count). The molecule has 1 aromatic carbocycles. The van der Waals surface area contributed by atoms with Gasteiger partial charge >= 0.3 is 0 Å². The molecule has 0 saturated heterocycles. The summed E-state index contributed by atoms with van der Waals surface area (Å²) in [5.41, 5.74) is 0.550. The van der Waals surface area contributed by atoms with E-state index in [0.717, 1.165) is 0 Å². The summed E-state index contributed by atoms with van der Waals surface area (Å²) >= 11 is 0. The first kappa shape index (κ1) is 11.5. The van der Waals surface area contributed by atoms with E-state index in [9.17, 15) is 4.79 Å². The Morgan fingerprint density at radius 2 is 1.80 bits per heavy atom. The molecule has 0 aliphatic heterocycles. The molecule has 0 aliphatic rings. The molecule has 0 atom stereocenters. The summed E-state index contributed by atoms with van der Waals surface area (Å²) < 4.78 is 14.9. The zero-order valence-corrected chi connectivity index (χ0v) is 9.07.